The number of hydrogen-bond donors (Lipinski definition) is 1. The van der Waals surface area contributed by atoms with Crippen LogP contribution in [-0.4, -0.2) is 21.3 Å². The number of nitrogens with two attached hydrogens (primary N) is 1. The fraction of sp³-hybridized carbons (Fsp3) is 0.188. The van der Waals surface area contributed by atoms with Crippen molar-refractivity contribution < 1.29 is 9.47 Å². The van der Waals surface area contributed by atoms with Crippen LogP contribution in [-0.2, 0) is 0 Å². The van der Waals surface area contributed by atoms with Crippen molar-refractivity contribution >= 4 is 17.1 Å². The Morgan fingerprint density at radius 1 is 1.05 bits per heavy atom. The summed E-state index contributed by atoms with van der Waals surface area (Å²) in [5.41, 5.74) is 8.73. The molecule has 0 atom stereocenters. The first-order chi connectivity index (χ1) is 10.1. The van der Waals surface area contributed by atoms with Crippen LogP contribution in [0.15, 0.2) is 36.4 Å². The molecule has 0 heterocycles. The lowest BCUT2D eigenvalue weighted by atomic mass is 10.1. The highest BCUT2D eigenvalue weighted by Crippen LogP contribution is 2.39. The molecule has 0 fully saturated rings. The van der Waals surface area contributed by atoms with Crippen molar-refractivity contribution in [1.82, 2.24) is 0 Å². The Hall–Kier alpha value is -2.87. The quantitative estimate of drug-likeness (QED) is 0.873. The highest BCUT2D eigenvalue weighted by atomic mass is 16.5. The molecule has 21 heavy (non-hydrogen) atoms. The van der Waals surface area contributed by atoms with Gasteiger partial charge in [0.2, 0.25) is 0 Å². The van der Waals surface area contributed by atoms with E-state index in [1.807, 2.05) is 30.1 Å². The maximum Gasteiger partial charge on any atom is 0.162 e. The van der Waals surface area contributed by atoms with Crippen LogP contribution in [0.1, 0.15) is 5.56 Å². The number of hydrogen-bond acceptors (Lipinski definition) is 5. The first kappa shape index (κ1) is 14.5. The number of anilines is 3. The van der Waals surface area contributed by atoms with Crippen molar-refractivity contribution in [3.63, 3.8) is 0 Å². The molecule has 0 aliphatic rings. The molecule has 0 saturated carbocycles. The van der Waals surface area contributed by atoms with Crippen molar-refractivity contribution in [2.75, 3.05) is 31.9 Å². The molecule has 0 aromatic heterocycles. The monoisotopic (exact) mass is 283 g/mol. The van der Waals surface area contributed by atoms with E-state index in [-0.39, 0.29) is 0 Å². The molecule has 0 bridgehead atoms. The van der Waals surface area contributed by atoms with E-state index in [0.717, 1.165) is 11.4 Å². The molecule has 0 aliphatic carbocycles. The number of methoxy groups -OCH3 is 2. The summed E-state index contributed by atoms with van der Waals surface area (Å²) in [4.78, 5) is 1.86. The van der Waals surface area contributed by atoms with Crippen LogP contribution in [0.25, 0.3) is 0 Å². The molecule has 0 unspecified atom stereocenters. The van der Waals surface area contributed by atoms with Gasteiger partial charge in [-0.05, 0) is 12.1 Å². The molecule has 2 aromatic carbocycles. The molecule has 0 saturated heterocycles. The van der Waals surface area contributed by atoms with Crippen LogP contribution in [0, 0.1) is 11.3 Å². The molecular weight excluding hydrogens is 266 g/mol. The maximum atomic E-state index is 9.21. The van der Waals surface area contributed by atoms with Gasteiger partial charge in [-0.1, -0.05) is 12.1 Å². The summed E-state index contributed by atoms with van der Waals surface area (Å²) in [6.07, 6.45) is 0. The number of nitrogens with zero attached hydrogens (tertiary/aromatic N) is 2. The van der Waals surface area contributed by atoms with Gasteiger partial charge in [0.05, 0.1) is 36.8 Å². The molecule has 5 heteroatoms. The second-order valence-electron chi connectivity index (χ2n) is 4.45. The Labute approximate surface area is 124 Å². The Morgan fingerprint density at radius 3 is 2.29 bits per heavy atom. The zero-order valence-electron chi connectivity index (χ0n) is 12.3. The lowest BCUT2D eigenvalue weighted by molar-refractivity contribution is 0.355. The van der Waals surface area contributed by atoms with E-state index in [1.54, 1.807) is 32.4 Å². The predicted octanol–water partition coefficient (Wildman–Crippen LogP) is 2.93. The first-order valence-electron chi connectivity index (χ1n) is 6.36. The summed E-state index contributed by atoms with van der Waals surface area (Å²) in [6.45, 7) is 0. The average molecular weight is 283 g/mol. The van der Waals surface area contributed by atoms with E-state index in [0.29, 0.717) is 22.7 Å². The minimum absolute atomic E-state index is 0.544. The highest BCUT2D eigenvalue weighted by molar-refractivity contribution is 5.80. The summed E-state index contributed by atoms with van der Waals surface area (Å²) >= 11 is 0. The lowest BCUT2D eigenvalue weighted by Crippen LogP contribution is -2.13. The molecule has 0 radical (unpaired) electrons. The SMILES string of the molecule is COc1cc(N)c(N(C)c2ccccc2C#N)cc1OC. The Kier molecular flexibility index (Phi) is 4.19. The van der Waals surface area contributed by atoms with Crippen LogP contribution in [0.4, 0.5) is 17.1 Å². The second-order valence-corrected chi connectivity index (χ2v) is 4.45. The number of ether oxygens (including phenoxy) is 2. The van der Waals surface area contributed by atoms with E-state index < -0.39 is 0 Å². The summed E-state index contributed by atoms with van der Waals surface area (Å²) in [5, 5.41) is 9.21. The Morgan fingerprint density at radius 2 is 1.67 bits per heavy atom. The molecule has 108 valence electrons. The van der Waals surface area contributed by atoms with Crippen molar-refractivity contribution in [1.29, 1.82) is 5.26 Å². The predicted molar refractivity (Wildman–Crippen MR) is 83.2 cm³/mol. The third kappa shape index (κ3) is 2.70. The normalized spacial score (nSPS) is 9.81. The van der Waals surface area contributed by atoms with Gasteiger partial charge < -0.3 is 20.1 Å². The molecule has 2 rings (SSSR count). The average Bonchev–Trinajstić information content (AvgIpc) is 2.53. The lowest BCUT2D eigenvalue weighted by Gasteiger charge is -2.23. The van der Waals surface area contributed by atoms with Crippen molar-refractivity contribution in [2.24, 2.45) is 0 Å². The van der Waals surface area contributed by atoms with Gasteiger partial charge in [-0.3, -0.25) is 0 Å². The maximum absolute atomic E-state index is 9.21. The molecule has 0 spiro atoms. The Balaban J connectivity index is 2.53. The number of benzene rings is 2. The van der Waals surface area contributed by atoms with Gasteiger partial charge in [0.25, 0.3) is 0 Å². The van der Waals surface area contributed by atoms with Gasteiger partial charge in [0.1, 0.15) is 6.07 Å². The van der Waals surface area contributed by atoms with E-state index in [9.17, 15) is 5.26 Å². The molecule has 5 nitrogen and oxygen atoms in total. The van der Waals surface area contributed by atoms with Gasteiger partial charge in [-0.15, -0.1) is 0 Å². The molecule has 0 aliphatic heterocycles. The van der Waals surface area contributed by atoms with Gasteiger partial charge in [-0.25, -0.2) is 0 Å². The zero-order chi connectivity index (χ0) is 15.4. The summed E-state index contributed by atoms with van der Waals surface area (Å²) in [7, 11) is 4.99. The topological polar surface area (TPSA) is 71.5 Å². The third-order valence-corrected chi connectivity index (χ3v) is 3.28. The van der Waals surface area contributed by atoms with E-state index in [1.165, 1.54) is 0 Å². The van der Waals surface area contributed by atoms with Crippen molar-refractivity contribution in [3.8, 4) is 17.6 Å². The molecule has 2 N–H and O–H groups in total. The fourth-order valence-corrected chi connectivity index (χ4v) is 2.16. The zero-order valence-corrected chi connectivity index (χ0v) is 12.3. The van der Waals surface area contributed by atoms with Gasteiger partial charge in [-0.2, -0.15) is 5.26 Å². The molecular formula is C16H17N3O2. The van der Waals surface area contributed by atoms with Crippen molar-refractivity contribution in [3.05, 3.63) is 42.0 Å². The number of nitriles is 1. The molecule has 0 amide bonds. The number of rotatable bonds is 4. The standard InChI is InChI=1S/C16H17N3O2/c1-19(13-7-5-4-6-11(13)10-17)14-9-16(21-3)15(20-2)8-12(14)18/h4-9H,18H2,1-3H3. The highest BCUT2D eigenvalue weighted by Gasteiger charge is 2.15. The minimum Gasteiger partial charge on any atom is -0.493 e. The fourth-order valence-electron chi connectivity index (χ4n) is 2.16. The smallest absolute Gasteiger partial charge is 0.162 e. The first-order valence-corrected chi connectivity index (χ1v) is 6.36. The summed E-state index contributed by atoms with van der Waals surface area (Å²) < 4.78 is 10.5. The van der Waals surface area contributed by atoms with Crippen LogP contribution >= 0.6 is 0 Å². The van der Waals surface area contributed by atoms with Gasteiger partial charge in [0, 0.05) is 19.2 Å². The number of nitrogen functional groups attached to an aromatic ring is 1. The Bertz CT molecular complexity index is 692. The van der Waals surface area contributed by atoms with E-state index in [4.69, 9.17) is 15.2 Å². The van der Waals surface area contributed by atoms with Crippen molar-refractivity contribution in [2.45, 2.75) is 0 Å². The summed E-state index contributed by atoms with van der Waals surface area (Å²) in [5.74, 6) is 1.16. The number of para-hydroxylation sites is 1. The largest absolute Gasteiger partial charge is 0.493 e. The van der Waals surface area contributed by atoms with Crippen LogP contribution in [0.3, 0.4) is 0 Å². The van der Waals surface area contributed by atoms with Crippen LogP contribution < -0.4 is 20.1 Å². The van der Waals surface area contributed by atoms with E-state index >= 15 is 0 Å². The van der Waals surface area contributed by atoms with Gasteiger partial charge >= 0.3 is 0 Å². The summed E-state index contributed by atoms with van der Waals surface area (Å²) in [6, 6.07) is 13.0. The van der Waals surface area contributed by atoms with Crippen LogP contribution in [0.5, 0.6) is 11.5 Å². The second kappa shape index (κ2) is 6.06. The van der Waals surface area contributed by atoms with Crippen LogP contribution in [0.2, 0.25) is 0 Å². The minimum atomic E-state index is 0.544. The van der Waals surface area contributed by atoms with Gasteiger partial charge in [0.15, 0.2) is 11.5 Å². The molecule has 2 aromatic rings. The van der Waals surface area contributed by atoms with E-state index in [2.05, 4.69) is 6.07 Å². The third-order valence-electron chi connectivity index (χ3n) is 3.28.